The summed E-state index contributed by atoms with van der Waals surface area (Å²) in [6.07, 6.45) is 1.83. The van der Waals surface area contributed by atoms with E-state index >= 15 is 0 Å². The minimum Gasteiger partial charge on any atom is -0.438 e. The van der Waals surface area contributed by atoms with Gasteiger partial charge < -0.3 is 16.2 Å². The highest BCUT2D eigenvalue weighted by Crippen LogP contribution is 2.25. The van der Waals surface area contributed by atoms with Gasteiger partial charge >= 0.3 is 0 Å². The fourth-order valence-corrected chi connectivity index (χ4v) is 1.81. The molecule has 0 saturated carbocycles. The maximum absolute atomic E-state index is 11.3. The second kappa shape index (κ2) is 5.57. The molecule has 0 aliphatic heterocycles. The van der Waals surface area contributed by atoms with Crippen LogP contribution in [-0.4, -0.2) is 22.1 Å². The summed E-state index contributed by atoms with van der Waals surface area (Å²) in [5.41, 5.74) is 11.2. The zero-order valence-electron chi connectivity index (χ0n) is 10.2. The zero-order chi connectivity index (χ0) is 13.8. The van der Waals surface area contributed by atoms with Gasteiger partial charge in [0.1, 0.15) is 11.6 Å². The molecule has 4 N–H and O–H groups in total. The number of nitrogen functional groups attached to an aromatic ring is 1. The number of ether oxygens (including phenoxy) is 1. The van der Waals surface area contributed by atoms with Gasteiger partial charge in [-0.15, -0.1) is 0 Å². The van der Waals surface area contributed by atoms with Crippen molar-refractivity contribution in [2.24, 2.45) is 5.73 Å². The number of para-hydroxylation sites is 1. The molecule has 0 aliphatic carbocycles. The first-order chi connectivity index (χ1) is 9.10. The molecule has 0 unspecified atom stereocenters. The summed E-state index contributed by atoms with van der Waals surface area (Å²) in [5.74, 6) is 0.333. The summed E-state index contributed by atoms with van der Waals surface area (Å²) in [7, 11) is 0. The normalized spacial score (nSPS) is 10.2. The highest BCUT2D eigenvalue weighted by molar-refractivity contribution is 7.98. The highest BCUT2D eigenvalue weighted by atomic mass is 32.2. The largest absolute Gasteiger partial charge is 0.438 e. The Labute approximate surface area is 114 Å². The van der Waals surface area contributed by atoms with E-state index in [0.29, 0.717) is 16.7 Å². The Balaban J connectivity index is 2.36. The predicted molar refractivity (Wildman–Crippen MR) is 73.3 cm³/mol. The summed E-state index contributed by atoms with van der Waals surface area (Å²) in [6.45, 7) is 0. The average Bonchev–Trinajstić information content (AvgIpc) is 2.38. The number of thioether (sulfide) groups is 1. The minimum absolute atomic E-state index is 0.269. The van der Waals surface area contributed by atoms with Gasteiger partial charge in [-0.25, -0.2) is 4.98 Å². The van der Waals surface area contributed by atoms with Crippen LogP contribution in [0.1, 0.15) is 10.4 Å². The van der Waals surface area contributed by atoms with E-state index in [0.717, 1.165) is 0 Å². The van der Waals surface area contributed by atoms with Gasteiger partial charge in [0.2, 0.25) is 5.88 Å². The Hall–Kier alpha value is -2.28. The zero-order valence-corrected chi connectivity index (χ0v) is 11.0. The van der Waals surface area contributed by atoms with Crippen LogP contribution < -0.4 is 16.2 Å². The molecule has 0 fully saturated rings. The molecule has 1 aromatic heterocycles. The number of aromatic nitrogens is 2. The summed E-state index contributed by atoms with van der Waals surface area (Å²) >= 11 is 1.34. The third-order valence-electron chi connectivity index (χ3n) is 2.25. The van der Waals surface area contributed by atoms with Crippen LogP contribution in [0.2, 0.25) is 0 Å². The number of hydrogen-bond donors (Lipinski definition) is 2. The van der Waals surface area contributed by atoms with Crippen molar-refractivity contribution in [1.29, 1.82) is 0 Å². The van der Waals surface area contributed by atoms with Crippen LogP contribution in [0, 0.1) is 0 Å². The van der Waals surface area contributed by atoms with E-state index in [4.69, 9.17) is 16.2 Å². The van der Waals surface area contributed by atoms with Crippen molar-refractivity contribution in [3.8, 4) is 11.6 Å². The first-order valence-electron chi connectivity index (χ1n) is 5.35. The molecule has 0 spiro atoms. The van der Waals surface area contributed by atoms with E-state index in [1.54, 1.807) is 24.3 Å². The van der Waals surface area contributed by atoms with Crippen LogP contribution in [0.4, 0.5) is 5.82 Å². The molecule has 0 radical (unpaired) electrons. The lowest BCUT2D eigenvalue weighted by molar-refractivity contribution is 0.0998. The number of carbonyl (C=O) groups excluding carboxylic acids is 1. The molecule has 2 aromatic rings. The molecule has 1 heterocycles. The van der Waals surface area contributed by atoms with Crippen LogP contribution in [0.25, 0.3) is 0 Å². The summed E-state index contributed by atoms with van der Waals surface area (Å²) in [4.78, 5) is 19.4. The van der Waals surface area contributed by atoms with E-state index in [1.165, 1.54) is 17.8 Å². The number of nitrogens with two attached hydrogens (primary N) is 2. The van der Waals surface area contributed by atoms with E-state index in [1.807, 2.05) is 6.26 Å². The first kappa shape index (κ1) is 13.2. The van der Waals surface area contributed by atoms with Crippen molar-refractivity contribution in [2.75, 3.05) is 12.0 Å². The Bertz CT molecular complexity index is 618. The fourth-order valence-electron chi connectivity index (χ4n) is 1.44. The fraction of sp³-hybridized carbons (Fsp3) is 0.0833. The molecule has 0 saturated heterocycles. The number of primary amides is 1. The highest BCUT2D eigenvalue weighted by Gasteiger charge is 2.11. The number of hydrogen-bond acceptors (Lipinski definition) is 6. The van der Waals surface area contributed by atoms with Crippen LogP contribution >= 0.6 is 11.8 Å². The number of rotatable bonds is 4. The molecular formula is C12H12N4O2S. The van der Waals surface area contributed by atoms with Gasteiger partial charge in [-0.05, 0) is 18.4 Å². The van der Waals surface area contributed by atoms with Gasteiger partial charge in [0, 0.05) is 6.07 Å². The van der Waals surface area contributed by atoms with Gasteiger partial charge in [-0.1, -0.05) is 23.9 Å². The third kappa shape index (κ3) is 3.14. The lowest BCUT2D eigenvalue weighted by Gasteiger charge is -2.09. The molecule has 0 atom stereocenters. The molecule has 98 valence electrons. The van der Waals surface area contributed by atoms with Gasteiger partial charge in [-0.3, -0.25) is 4.79 Å². The first-order valence-corrected chi connectivity index (χ1v) is 6.58. The number of benzene rings is 1. The second-order valence-corrected chi connectivity index (χ2v) is 4.35. The smallest absolute Gasteiger partial charge is 0.252 e. The Morgan fingerprint density at radius 1 is 1.32 bits per heavy atom. The summed E-state index contributed by atoms with van der Waals surface area (Å²) in [5, 5.41) is 0.492. The van der Waals surface area contributed by atoms with Crippen LogP contribution in [0.15, 0.2) is 35.5 Å². The second-order valence-electron chi connectivity index (χ2n) is 3.58. The molecular weight excluding hydrogens is 264 g/mol. The molecule has 1 amide bonds. The minimum atomic E-state index is -0.567. The van der Waals surface area contributed by atoms with Gasteiger partial charge in [-0.2, -0.15) is 4.98 Å². The Morgan fingerprint density at radius 2 is 2.05 bits per heavy atom. The number of carbonyl (C=O) groups is 1. The lowest BCUT2D eigenvalue weighted by Crippen LogP contribution is -2.12. The van der Waals surface area contributed by atoms with Crippen LogP contribution in [-0.2, 0) is 0 Å². The molecule has 0 aliphatic rings. The third-order valence-corrected chi connectivity index (χ3v) is 2.80. The molecule has 0 bridgehead atoms. The van der Waals surface area contributed by atoms with Crippen LogP contribution in [0.5, 0.6) is 11.6 Å². The monoisotopic (exact) mass is 276 g/mol. The SMILES string of the molecule is CSc1nc(N)cc(Oc2ccccc2C(N)=O)n1. The van der Waals surface area contributed by atoms with Gasteiger partial charge in [0.05, 0.1) is 5.56 Å². The van der Waals surface area contributed by atoms with E-state index in [2.05, 4.69) is 9.97 Å². The van der Waals surface area contributed by atoms with E-state index in [-0.39, 0.29) is 11.4 Å². The molecule has 19 heavy (non-hydrogen) atoms. The number of amides is 1. The number of anilines is 1. The van der Waals surface area contributed by atoms with Crippen molar-refractivity contribution in [3.63, 3.8) is 0 Å². The van der Waals surface area contributed by atoms with Crippen molar-refractivity contribution < 1.29 is 9.53 Å². The maximum Gasteiger partial charge on any atom is 0.252 e. The topological polar surface area (TPSA) is 104 Å². The van der Waals surface area contributed by atoms with Gasteiger partial charge in [0.25, 0.3) is 5.91 Å². The molecule has 2 rings (SSSR count). The number of nitrogens with zero attached hydrogens (tertiary/aromatic N) is 2. The Morgan fingerprint density at radius 3 is 2.74 bits per heavy atom. The predicted octanol–water partition coefficient (Wildman–Crippen LogP) is 1.67. The van der Waals surface area contributed by atoms with E-state index in [9.17, 15) is 4.79 Å². The van der Waals surface area contributed by atoms with E-state index < -0.39 is 5.91 Å². The average molecular weight is 276 g/mol. The lowest BCUT2D eigenvalue weighted by atomic mass is 10.2. The van der Waals surface area contributed by atoms with Crippen molar-refractivity contribution >= 4 is 23.5 Å². The maximum atomic E-state index is 11.3. The molecule has 7 heteroatoms. The quantitative estimate of drug-likeness (QED) is 0.650. The summed E-state index contributed by atoms with van der Waals surface area (Å²) < 4.78 is 5.55. The standard InChI is InChI=1S/C12H12N4O2S/c1-19-12-15-9(13)6-10(16-12)18-8-5-3-2-4-7(8)11(14)17/h2-6H,1H3,(H2,14,17)(H2,13,15,16). The molecule has 1 aromatic carbocycles. The van der Waals surface area contributed by atoms with Crippen molar-refractivity contribution in [1.82, 2.24) is 9.97 Å². The molecule has 6 nitrogen and oxygen atoms in total. The van der Waals surface area contributed by atoms with Crippen LogP contribution in [0.3, 0.4) is 0 Å². The van der Waals surface area contributed by atoms with Crippen molar-refractivity contribution in [3.05, 3.63) is 35.9 Å². The Kier molecular flexibility index (Phi) is 3.86. The van der Waals surface area contributed by atoms with Gasteiger partial charge in [0.15, 0.2) is 5.16 Å². The summed E-state index contributed by atoms with van der Waals surface area (Å²) in [6, 6.07) is 8.14. The van der Waals surface area contributed by atoms with Crippen molar-refractivity contribution in [2.45, 2.75) is 5.16 Å².